The average Bonchev–Trinajstić information content (AvgIpc) is 3.29. The first-order valence-corrected chi connectivity index (χ1v) is 8.76. The fourth-order valence-electron chi connectivity index (χ4n) is 3.71. The minimum Gasteiger partial charge on any atom is -0.309 e. The second-order valence-electron chi connectivity index (χ2n) is 6.36. The van der Waals surface area contributed by atoms with E-state index in [4.69, 9.17) is 0 Å². The van der Waals surface area contributed by atoms with E-state index < -0.39 is 24.0 Å². The third-order valence-electron chi connectivity index (χ3n) is 4.83. The summed E-state index contributed by atoms with van der Waals surface area (Å²) >= 11 is 1.36. The Hall–Kier alpha value is -2.00. The summed E-state index contributed by atoms with van der Waals surface area (Å²) in [5.74, 6) is -3.11. The van der Waals surface area contributed by atoms with Crippen LogP contribution in [0.2, 0.25) is 0 Å². The van der Waals surface area contributed by atoms with E-state index in [1.807, 2.05) is 0 Å². The molecule has 132 valence electrons. The molecule has 5 nitrogen and oxygen atoms in total. The first-order valence-electron chi connectivity index (χ1n) is 7.88. The maximum Gasteiger partial charge on any atom is 0.471 e. The molecule has 25 heavy (non-hydrogen) atoms. The van der Waals surface area contributed by atoms with Gasteiger partial charge in [0.1, 0.15) is 5.69 Å². The minimum atomic E-state index is -5.11. The Morgan fingerprint density at radius 2 is 2.12 bits per heavy atom. The van der Waals surface area contributed by atoms with E-state index >= 15 is 0 Å². The SMILES string of the molecule is O=C(c1cc2sccc2cn1)N(C(=O)C(F)(F)F)[C@@H]1C[C@H]2CC[C@@H]1N2. The molecule has 0 saturated carbocycles. The highest BCUT2D eigenvalue weighted by molar-refractivity contribution is 7.17. The molecule has 0 aromatic carbocycles. The van der Waals surface area contributed by atoms with Gasteiger partial charge < -0.3 is 5.32 Å². The third-order valence-corrected chi connectivity index (χ3v) is 5.71. The van der Waals surface area contributed by atoms with E-state index in [0.717, 1.165) is 16.5 Å². The summed E-state index contributed by atoms with van der Waals surface area (Å²) in [5, 5.41) is 5.77. The summed E-state index contributed by atoms with van der Waals surface area (Å²) in [4.78, 5) is 29.1. The van der Waals surface area contributed by atoms with Gasteiger partial charge in [0.25, 0.3) is 5.91 Å². The molecule has 2 aromatic heterocycles. The molecule has 2 aliphatic rings. The monoisotopic (exact) mass is 369 g/mol. The van der Waals surface area contributed by atoms with Crippen molar-refractivity contribution in [2.45, 2.75) is 43.6 Å². The van der Waals surface area contributed by atoms with Crippen LogP contribution < -0.4 is 5.32 Å². The van der Waals surface area contributed by atoms with Crippen molar-refractivity contribution in [1.29, 1.82) is 0 Å². The van der Waals surface area contributed by atoms with Gasteiger partial charge in [0.05, 0.1) is 6.04 Å². The van der Waals surface area contributed by atoms with Gasteiger partial charge in [0.2, 0.25) is 0 Å². The number of pyridine rings is 1. The van der Waals surface area contributed by atoms with Crippen LogP contribution in [0.5, 0.6) is 0 Å². The van der Waals surface area contributed by atoms with Gasteiger partial charge in [-0.3, -0.25) is 19.5 Å². The molecule has 9 heteroatoms. The molecule has 2 aliphatic heterocycles. The van der Waals surface area contributed by atoms with E-state index in [1.54, 1.807) is 11.4 Å². The van der Waals surface area contributed by atoms with Crippen molar-refractivity contribution in [2.24, 2.45) is 0 Å². The van der Waals surface area contributed by atoms with Crippen molar-refractivity contribution in [3.05, 3.63) is 29.4 Å². The molecular formula is C16H14F3N3O2S. The zero-order chi connectivity index (χ0) is 17.8. The van der Waals surface area contributed by atoms with Crippen LogP contribution in [0.4, 0.5) is 13.2 Å². The Morgan fingerprint density at radius 3 is 2.76 bits per heavy atom. The summed E-state index contributed by atoms with van der Waals surface area (Å²) in [5.41, 5.74) is -0.143. The fraction of sp³-hybridized carbons (Fsp3) is 0.438. The Bertz CT molecular complexity index is 851. The van der Waals surface area contributed by atoms with Crippen molar-refractivity contribution in [3.8, 4) is 0 Å². The third kappa shape index (κ3) is 2.81. The molecule has 0 aliphatic carbocycles. The lowest BCUT2D eigenvalue weighted by atomic mass is 9.93. The number of alkyl halides is 3. The number of fused-ring (bicyclic) bond motifs is 3. The molecule has 1 N–H and O–H groups in total. The van der Waals surface area contributed by atoms with Crippen LogP contribution in [-0.4, -0.2) is 46.0 Å². The molecule has 0 radical (unpaired) electrons. The van der Waals surface area contributed by atoms with Crippen LogP contribution in [-0.2, 0) is 4.79 Å². The highest BCUT2D eigenvalue weighted by Gasteiger charge is 2.52. The van der Waals surface area contributed by atoms with Crippen molar-refractivity contribution < 1.29 is 22.8 Å². The number of rotatable bonds is 2. The second-order valence-corrected chi connectivity index (χ2v) is 7.30. The fourth-order valence-corrected chi connectivity index (χ4v) is 4.50. The van der Waals surface area contributed by atoms with Crippen molar-refractivity contribution in [2.75, 3.05) is 0 Å². The number of carbonyl (C=O) groups is 2. The number of aromatic nitrogens is 1. The summed E-state index contributed by atoms with van der Waals surface area (Å²) in [6, 6.07) is 2.23. The highest BCUT2D eigenvalue weighted by atomic mass is 32.1. The van der Waals surface area contributed by atoms with Crippen LogP contribution in [0, 0.1) is 0 Å². The van der Waals surface area contributed by atoms with Gasteiger partial charge in [-0.25, -0.2) is 0 Å². The summed E-state index contributed by atoms with van der Waals surface area (Å²) in [6.45, 7) is 0. The van der Waals surface area contributed by atoms with E-state index in [9.17, 15) is 22.8 Å². The highest BCUT2D eigenvalue weighted by Crippen LogP contribution is 2.35. The molecule has 2 amide bonds. The number of imide groups is 1. The number of hydrogen-bond donors (Lipinski definition) is 1. The number of hydrogen-bond acceptors (Lipinski definition) is 5. The predicted molar refractivity (Wildman–Crippen MR) is 85.2 cm³/mol. The van der Waals surface area contributed by atoms with Crippen molar-refractivity contribution in [3.63, 3.8) is 0 Å². The van der Waals surface area contributed by atoms with Gasteiger partial charge in [-0.2, -0.15) is 13.2 Å². The zero-order valence-electron chi connectivity index (χ0n) is 12.9. The van der Waals surface area contributed by atoms with E-state index in [0.29, 0.717) is 17.7 Å². The van der Waals surface area contributed by atoms with Gasteiger partial charge in [-0.05, 0) is 36.8 Å². The number of nitrogens with one attached hydrogen (secondary N) is 1. The number of halogens is 3. The zero-order valence-corrected chi connectivity index (χ0v) is 13.7. The lowest BCUT2D eigenvalue weighted by Crippen LogP contribution is -2.54. The standard InChI is InChI=1S/C16H14F3N3O2S/c17-16(18,19)15(24)22(12-5-9-1-2-10(12)21-9)14(23)11-6-13-8(7-20-11)3-4-25-13/h3-4,6-7,9-10,12,21H,1-2,5H2/t9-,10+,12-/m1/s1. The molecular weight excluding hydrogens is 355 g/mol. The molecule has 3 atom stereocenters. The predicted octanol–water partition coefficient (Wildman–Crippen LogP) is 2.72. The maximum absolute atomic E-state index is 13.1. The molecule has 0 spiro atoms. The quantitative estimate of drug-likeness (QED) is 0.884. The minimum absolute atomic E-state index is 0.0547. The van der Waals surface area contributed by atoms with Gasteiger partial charge in [-0.1, -0.05) is 0 Å². The second kappa shape index (κ2) is 5.77. The van der Waals surface area contributed by atoms with Crippen LogP contribution in [0.1, 0.15) is 29.8 Å². The van der Waals surface area contributed by atoms with E-state index in [2.05, 4.69) is 10.3 Å². The lowest BCUT2D eigenvalue weighted by molar-refractivity contribution is -0.184. The first kappa shape index (κ1) is 16.5. The Labute approximate surface area is 144 Å². The van der Waals surface area contributed by atoms with Crippen LogP contribution in [0.3, 0.4) is 0 Å². The van der Waals surface area contributed by atoms with Crippen LogP contribution in [0.15, 0.2) is 23.7 Å². The smallest absolute Gasteiger partial charge is 0.309 e. The number of nitrogens with zero attached hydrogens (tertiary/aromatic N) is 2. The molecule has 2 bridgehead atoms. The van der Waals surface area contributed by atoms with Gasteiger partial charge in [0, 0.05) is 28.4 Å². The molecule has 0 unspecified atom stereocenters. The van der Waals surface area contributed by atoms with Gasteiger partial charge in [-0.15, -0.1) is 11.3 Å². The van der Waals surface area contributed by atoms with Crippen LogP contribution >= 0.6 is 11.3 Å². The summed E-state index contributed by atoms with van der Waals surface area (Å²) < 4.78 is 40.0. The van der Waals surface area contributed by atoms with Gasteiger partial charge in [0.15, 0.2) is 0 Å². The first-order chi connectivity index (χ1) is 11.8. The Balaban J connectivity index is 1.71. The molecule has 2 saturated heterocycles. The average molecular weight is 369 g/mol. The molecule has 4 rings (SSSR count). The Morgan fingerprint density at radius 1 is 1.32 bits per heavy atom. The maximum atomic E-state index is 13.1. The van der Waals surface area contributed by atoms with Crippen molar-refractivity contribution in [1.82, 2.24) is 15.2 Å². The number of carbonyl (C=O) groups excluding carboxylic acids is 2. The van der Waals surface area contributed by atoms with Gasteiger partial charge >= 0.3 is 12.1 Å². The largest absolute Gasteiger partial charge is 0.471 e. The number of amides is 2. The summed E-state index contributed by atoms with van der Waals surface area (Å²) in [6.07, 6.45) is -1.82. The molecule has 2 aromatic rings. The topological polar surface area (TPSA) is 62.3 Å². The van der Waals surface area contributed by atoms with Crippen LogP contribution in [0.25, 0.3) is 10.1 Å². The lowest BCUT2D eigenvalue weighted by Gasteiger charge is -2.32. The number of thiophene rings is 1. The molecule has 4 heterocycles. The molecule has 2 fully saturated rings. The summed E-state index contributed by atoms with van der Waals surface area (Å²) in [7, 11) is 0. The Kier molecular flexibility index (Phi) is 3.80. The van der Waals surface area contributed by atoms with E-state index in [-0.39, 0.29) is 17.8 Å². The van der Waals surface area contributed by atoms with Crippen molar-refractivity contribution >= 4 is 33.2 Å². The van der Waals surface area contributed by atoms with E-state index in [1.165, 1.54) is 23.6 Å². The normalized spacial score (nSPS) is 25.5.